The molecule has 2 rings (SSSR count). The normalized spacial score (nSPS) is 38.2. The molecule has 0 heterocycles. The van der Waals surface area contributed by atoms with Crippen LogP contribution >= 0.6 is 0 Å². The average molecular weight is 204 g/mol. The van der Waals surface area contributed by atoms with E-state index < -0.39 is 0 Å². The first-order chi connectivity index (χ1) is 7.25. The lowest BCUT2D eigenvalue weighted by Gasteiger charge is -2.32. The standard InChI is InChI=1S/C14H25B/c1-11-3-2-4-12(6-5-11)13-7-9-14(15)10-8-13/h5,12-14H,2-4,6-10,15H2,1H3. The molecule has 15 heavy (non-hydrogen) atoms. The summed E-state index contributed by atoms with van der Waals surface area (Å²) in [5, 5.41) is 0. The fraction of sp³-hybridized carbons (Fsp3) is 0.857. The van der Waals surface area contributed by atoms with Crippen LogP contribution in [0, 0.1) is 11.8 Å². The molecule has 1 atom stereocenters. The van der Waals surface area contributed by atoms with Gasteiger partial charge in [0.2, 0.25) is 0 Å². The van der Waals surface area contributed by atoms with Crippen molar-refractivity contribution in [2.24, 2.45) is 11.8 Å². The second kappa shape index (κ2) is 5.23. The molecule has 2 aliphatic carbocycles. The highest BCUT2D eigenvalue weighted by molar-refractivity contribution is 6.11. The third-order valence-corrected chi connectivity index (χ3v) is 4.64. The molecule has 0 aromatic carbocycles. The van der Waals surface area contributed by atoms with Crippen molar-refractivity contribution >= 4 is 7.85 Å². The minimum atomic E-state index is 1.00. The van der Waals surface area contributed by atoms with Gasteiger partial charge in [-0.25, -0.2) is 0 Å². The van der Waals surface area contributed by atoms with Gasteiger partial charge in [0.25, 0.3) is 0 Å². The summed E-state index contributed by atoms with van der Waals surface area (Å²) >= 11 is 0. The minimum Gasteiger partial charge on any atom is -0.0853 e. The van der Waals surface area contributed by atoms with Crippen molar-refractivity contribution < 1.29 is 0 Å². The lowest BCUT2D eigenvalue weighted by molar-refractivity contribution is 0.237. The number of allylic oxidation sites excluding steroid dienone is 2. The summed E-state index contributed by atoms with van der Waals surface area (Å²) in [4.78, 5) is 0. The predicted molar refractivity (Wildman–Crippen MR) is 70.0 cm³/mol. The first-order valence-corrected chi connectivity index (χ1v) is 6.91. The molecular formula is C14H25B. The Morgan fingerprint density at radius 3 is 2.53 bits per heavy atom. The fourth-order valence-corrected chi connectivity index (χ4v) is 3.40. The Morgan fingerprint density at radius 2 is 1.80 bits per heavy atom. The first-order valence-electron chi connectivity index (χ1n) is 6.91. The first kappa shape index (κ1) is 11.3. The molecule has 0 saturated heterocycles. The molecule has 1 heteroatoms. The third kappa shape index (κ3) is 3.13. The molecule has 0 N–H and O–H groups in total. The van der Waals surface area contributed by atoms with Crippen LogP contribution in [0.15, 0.2) is 11.6 Å². The van der Waals surface area contributed by atoms with Crippen LogP contribution < -0.4 is 0 Å². The Balaban J connectivity index is 1.87. The highest BCUT2D eigenvalue weighted by Crippen LogP contribution is 2.39. The van der Waals surface area contributed by atoms with E-state index in [2.05, 4.69) is 20.8 Å². The van der Waals surface area contributed by atoms with Crippen LogP contribution in [0.2, 0.25) is 5.82 Å². The number of hydrogen-bond donors (Lipinski definition) is 0. The highest BCUT2D eigenvalue weighted by atomic mass is 14.3. The Labute approximate surface area is 95.9 Å². The third-order valence-electron chi connectivity index (χ3n) is 4.64. The minimum absolute atomic E-state index is 1.00. The van der Waals surface area contributed by atoms with E-state index in [-0.39, 0.29) is 0 Å². The summed E-state index contributed by atoms with van der Waals surface area (Å²) in [7, 11) is 2.42. The van der Waals surface area contributed by atoms with Gasteiger partial charge in [-0.2, -0.15) is 0 Å². The zero-order valence-corrected chi connectivity index (χ0v) is 10.5. The summed E-state index contributed by atoms with van der Waals surface area (Å²) in [6.45, 7) is 2.31. The molecule has 0 aromatic heterocycles. The molecular weight excluding hydrogens is 179 g/mol. The van der Waals surface area contributed by atoms with Crippen LogP contribution in [0.25, 0.3) is 0 Å². The number of rotatable bonds is 1. The molecule has 84 valence electrons. The molecule has 0 amide bonds. The second-order valence-corrected chi connectivity index (χ2v) is 5.96. The zero-order chi connectivity index (χ0) is 10.7. The quantitative estimate of drug-likeness (QED) is 0.451. The Hall–Kier alpha value is -0.195. The van der Waals surface area contributed by atoms with Gasteiger partial charge >= 0.3 is 0 Å². The molecule has 0 spiro atoms. The average Bonchev–Trinajstić information content (AvgIpc) is 2.44. The second-order valence-electron chi connectivity index (χ2n) is 5.96. The van der Waals surface area contributed by atoms with Gasteiger partial charge in [0.1, 0.15) is 7.85 Å². The summed E-state index contributed by atoms with van der Waals surface area (Å²) in [5.41, 5.74) is 1.64. The molecule has 2 aliphatic rings. The van der Waals surface area contributed by atoms with Gasteiger partial charge in [0.05, 0.1) is 0 Å². The molecule has 1 unspecified atom stereocenters. The van der Waals surface area contributed by atoms with Crippen molar-refractivity contribution in [3.8, 4) is 0 Å². The topological polar surface area (TPSA) is 0 Å². The monoisotopic (exact) mass is 204 g/mol. The van der Waals surface area contributed by atoms with Crippen LogP contribution in [0.4, 0.5) is 0 Å². The molecule has 0 nitrogen and oxygen atoms in total. The van der Waals surface area contributed by atoms with E-state index in [1.807, 2.05) is 0 Å². The van der Waals surface area contributed by atoms with Crippen LogP contribution in [0.5, 0.6) is 0 Å². The molecule has 0 bridgehead atoms. The van der Waals surface area contributed by atoms with E-state index in [4.69, 9.17) is 0 Å². The smallest absolute Gasteiger partial charge is 0.0853 e. The fourth-order valence-electron chi connectivity index (χ4n) is 3.40. The van der Waals surface area contributed by atoms with Crippen molar-refractivity contribution in [3.05, 3.63) is 11.6 Å². The summed E-state index contributed by atoms with van der Waals surface area (Å²) in [6.07, 6.45) is 14.2. The van der Waals surface area contributed by atoms with Gasteiger partial charge < -0.3 is 0 Å². The van der Waals surface area contributed by atoms with Gasteiger partial charge in [0, 0.05) is 0 Å². The Morgan fingerprint density at radius 1 is 1.07 bits per heavy atom. The van der Waals surface area contributed by atoms with E-state index in [1.165, 1.54) is 51.4 Å². The maximum absolute atomic E-state index is 2.52. The zero-order valence-electron chi connectivity index (χ0n) is 10.5. The van der Waals surface area contributed by atoms with Crippen molar-refractivity contribution in [2.75, 3.05) is 0 Å². The lowest BCUT2D eigenvalue weighted by Crippen LogP contribution is -2.19. The van der Waals surface area contributed by atoms with E-state index >= 15 is 0 Å². The Bertz CT molecular complexity index is 223. The van der Waals surface area contributed by atoms with Crippen LogP contribution in [0.1, 0.15) is 58.3 Å². The highest BCUT2D eigenvalue weighted by Gasteiger charge is 2.25. The summed E-state index contributed by atoms with van der Waals surface area (Å²) in [5.74, 6) is 3.09. The maximum atomic E-state index is 2.52. The van der Waals surface area contributed by atoms with E-state index in [1.54, 1.807) is 5.57 Å². The van der Waals surface area contributed by atoms with Gasteiger partial charge in [-0.15, -0.1) is 0 Å². The molecule has 0 radical (unpaired) electrons. The van der Waals surface area contributed by atoms with Crippen molar-refractivity contribution in [3.63, 3.8) is 0 Å². The van der Waals surface area contributed by atoms with Crippen LogP contribution in [0.3, 0.4) is 0 Å². The SMILES string of the molecule is BC1CCC(C2CC=C(C)CCC2)CC1. The molecule has 0 aliphatic heterocycles. The van der Waals surface area contributed by atoms with Gasteiger partial charge in [-0.1, -0.05) is 43.1 Å². The summed E-state index contributed by atoms with van der Waals surface area (Å²) in [6, 6.07) is 0. The van der Waals surface area contributed by atoms with Gasteiger partial charge in [-0.3, -0.25) is 0 Å². The summed E-state index contributed by atoms with van der Waals surface area (Å²) < 4.78 is 0. The van der Waals surface area contributed by atoms with Gasteiger partial charge in [0.15, 0.2) is 0 Å². The van der Waals surface area contributed by atoms with E-state index in [0.29, 0.717) is 0 Å². The molecule has 1 saturated carbocycles. The van der Waals surface area contributed by atoms with Gasteiger partial charge in [-0.05, 0) is 44.4 Å². The maximum Gasteiger partial charge on any atom is 0.105 e. The predicted octanol–water partition coefficient (Wildman–Crippen LogP) is 3.73. The number of hydrogen-bond acceptors (Lipinski definition) is 0. The van der Waals surface area contributed by atoms with Crippen molar-refractivity contribution in [1.29, 1.82) is 0 Å². The largest absolute Gasteiger partial charge is 0.105 e. The molecule has 1 fully saturated rings. The van der Waals surface area contributed by atoms with Crippen molar-refractivity contribution in [2.45, 2.75) is 64.1 Å². The molecule has 0 aromatic rings. The van der Waals surface area contributed by atoms with Crippen LogP contribution in [-0.4, -0.2) is 7.85 Å². The van der Waals surface area contributed by atoms with E-state index in [0.717, 1.165) is 17.7 Å². The van der Waals surface area contributed by atoms with Crippen molar-refractivity contribution in [1.82, 2.24) is 0 Å². The van der Waals surface area contributed by atoms with Crippen LogP contribution in [-0.2, 0) is 0 Å². The lowest BCUT2D eigenvalue weighted by atomic mass is 9.68. The Kier molecular flexibility index (Phi) is 3.94. The van der Waals surface area contributed by atoms with E-state index in [9.17, 15) is 0 Å².